The molecule has 0 fully saturated rings. The van der Waals surface area contributed by atoms with E-state index in [0.717, 1.165) is 23.6 Å². The van der Waals surface area contributed by atoms with E-state index in [9.17, 15) is 13.2 Å². The van der Waals surface area contributed by atoms with E-state index in [1.54, 1.807) is 18.2 Å². The summed E-state index contributed by atoms with van der Waals surface area (Å²) in [7, 11) is -3.64. The van der Waals surface area contributed by atoms with Gasteiger partial charge in [0.05, 0.1) is 5.56 Å². The molecule has 2 aliphatic rings. The minimum absolute atomic E-state index is 0.141. The summed E-state index contributed by atoms with van der Waals surface area (Å²) >= 11 is 0. The quantitative estimate of drug-likeness (QED) is 0.805. The van der Waals surface area contributed by atoms with Crippen LogP contribution < -0.4 is 0 Å². The molecule has 4 nitrogen and oxygen atoms in total. The number of carbonyl (C=O) groups excluding carboxylic acids is 1. The predicted molar refractivity (Wildman–Crippen MR) is 75.8 cm³/mol. The van der Waals surface area contributed by atoms with Crippen LogP contribution in [-0.4, -0.2) is 25.2 Å². The Bertz CT molecular complexity index is 676. The van der Waals surface area contributed by atoms with Gasteiger partial charge in [-0.25, -0.2) is 12.7 Å². The Hall–Kier alpha value is -1.62. The molecule has 0 aromatic heterocycles. The Morgan fingerprint density at radius 3 is 2.65 bits per heavy atom. The van der Waals surface area contributed by atoms with Gasteiger partial charge < -0.3 is 0 Å². The molecule has 3 rings (SSSR count). The number of rotatable bonds is 3. The van der Waals surface area contributed by atoms with E-state index in [1.807, 2.05) is 0 Å². The number of hydrogen-bond donors (Lipinski definition) is 0. The summed E-state index contributed by atoms with van der Waals surface area (Å²) in [5.74, 6) is -0.392. The Kier molecular flexibility index (Phi) is 3.38. The maximum Gasteiger partial charge on any atom is 0.269 e. The molecule has 0 saturated carbocycles. The fourth-order valence-corrected chi connectivity index (χ4v) is 4.40. The van der Waals surface area contributed by atoms with Crippen LogP contribution in [0.1, 0.15) is 42.5 Å². The lowest BCUT2D eigenvalue weighted by atomic mass is 9.97. The third-order valence-corrected chi connectivity index (χ3v) is 5.77. The first-order valence-electron chi connectivity index (χ1n) is 6.95. The molecule has 20 heavy (non-hydrogen) atoms. The minimum Gasteiger partial charge on any atom is -0.268 e. The van der Waals surface area contributed by atoms with Gasteiger partial charge in [-0.05, 0) is 44.2 Å². The molecule has 1 aromatic rings. The van der Waals surface area contributed by atoms with Gasteiger partial charge in [-0.2, -0.15) is 0 Å². The molecule has 0 radical (unpaired) electrons. The van der Waals surface area contributed by atoms with Crippen LogP contribution in [0.4, 0.5) is 0 Å². The van der Waals surface area contributed by atoms with Crippen molar-refractivity contribution in [2.45, 2.75) is 37.0 Å². The van der Waals surface area contributed by atoms with Gasteiger partial charge in [0.15, 0.2) is 0 Å². The molecule has 0 saturated heterocycles. The summed E-state index contributed by atoms with van der Waals surface area (Å²) in [6.45, 7) is 0.252. The van der Waals surface area contributed by atoms with Crippen molar-refractivity contribution in [2.24, 2.45) is 0 Å². The molecule has 1 heterocycles. The summed E-state index contributed by atoms with van der Waals surface area (Å²) < 4.78 is 25.7. The lowest BCUT2D eigenvalue weighted by Gasteiger charge is -2.18. The standard InChI is InChI=1S/C15H17NO3S/c17-15-13-8-4-5-9-14(13)20(18,19)16(15)11-10-12-6-2-1-3-7-12/h4-6,8-9H,1-3,7,10-11H2. The second-order valence-corrected chi connectivity index (χ2v) is 7.07. The number of hydrogen-bond acceptors (Lipinski definition) is 3. The van der Waals surface area contributed by atoms with Crippen LogP contribution >= 0.6 is 0 Å². The van der Waals surface area contributed by atoms with Gasteiger partial charge >= 0.3 is 0 Å². The zero-order valence-corrected chi connectivity index (χ0v) is 12.0. The number of benzene rings is 1. The summed E-state index contributed by atoms with van der Waals surface area (Å²) in [4.78, 5) is 12.4. The number of allylic oxidation sites excluding steroid dienone is 1. The minimum atomic E-state index is -3.64. The Labute approximate surface area is 119 Å². The van der Waals surface area contributed by atoms with E-state index in [1.165, 1.54) is 18.1 Å². The molecule has 1 aliphatic heterocycles. The molecule has 0 unspecified atom stereocenters. The monoisotopic (exact) mass is 291 g/mol. The second-order valence-electron chi connectivity index (χ2n) is 5.24. The number of sulfonamides is 1. The van der Waals surface area contributed by atoms with Crippen LogP contribution in [0.3, 0.4) is 0 Å². The first-order valence-corrected chi connectivity index (χ1v) is 8.39. The summed E-state index contributed by atoms with van der Waals surface area (Å²) in [5, 5.41) is 0. The molecular weight excluding hydrogens is 274 g/mol. The maximum atomic E-state index is 12.4. The highest BCUT2D eigenvalue weighted by atomic mass is 32.2. The molecule has 0 atom stereocenters. The number of nitrogens with zero attached hydrogens (tertiary/aromatic N) is 1. The highest BCUT2D eigenvalue weighted by Crippen LogP contribution is 2.31. The second kappa shape index (κ2) is 5.05. The molecule has 1 aromatic carbocycles. The summed E-state index contributed by atoms with van der Waals surface area (Å²) in [6.07, 6.45) is 7.29. The van der Waals surface area contributed by atoms with Crippen molar-refractivity contribution in [1.82, 2.24) is 4.31 Å². The van der Waals surface area contributed by atoms with Gasteiger partial charge in [0, 0.05) is 6.54 Å². The van der Waals surface area contributed by atoms with E-state index in [0.29, 0.717) is 12.0 Å². The van der Waals surface area contributed by atoms with Crippen molar-refractivity contribution in [3.8, 4) is 0 Å². The van der Waals surface area contributed by atoms with Crippen molar-refractivity contribution in [3.05, 3.63) is 41.5 Å². The largest absolute Gasteiger partial charge is 0.269 e. The first-order chi connectivity index (χ1) is 9.60. The molecular formula is C15H17NO3S. The van der Waals surface area contributed by atoms with E-state index in [-0.39, 0.29) is 11.4 Å². The lowest BCUT2D eigenvalue weighted by Crippen LogP contribution is -2.31. The molecule has 1 aliphatic carbocycles. The van der Waals surface area contributed by atoms with Gasteiger partial charge in [-0.1, -0.05) is 23.8 Å². The highest BCUT2D eigenvalue weighted by Gasteiger charge is 2.40. The van der Waals surface area contributed by atoms with E-state index < -0.39 is 15.9 Å². The first kappa shape index (κ1) is 13.4. The highest BCUT2D eigenvalue weighted by molar-refractivity contribution is 7.90. The number of fused-ring (bicyclic) bond motifs is 1. The van der Waals surface area contributed by atoms with Crippen LogP contribution in [-0.2, 0) is 10.0 Å². The summed E-state index contributed by atoms with van der Waals surface area (Å²) in [5.41, 5.74) is 1.57. The zero-order chi connectivity index (χ0) is 14.2. The predicted octanol–water partition coefficient (Wildman–Crippen LogP) is 2.72. The Morgan fingerprint density at radius 1 is 1.15 bits per heavy atom. The van der Waals surface area contributed by atoms with Crippen molar-refractivity contribution >= 4 is 15.9 Å². The Balaban J connectivity index is 1.82. The normalized spacial score (nSPS) is 20.7. The molecule has 0 spiro atoms. The Morgan fingerprint density at radius 2 is 1.95 bits per heavy atom. The fraction of sp³-hybridized carbons (Fsp3) is 0.400. The van der Waals surface area contributed by atoms with Crippen LogP contribution in [0.15, 0.2) is 40.8 Å². The third-order valence-electron chi connectivity index (χ3n) is 3.93. The van der Waals surface area contributed by atoms with Crippen LogP contribution in [0.5, 0.6) is 0 Å². The lowest BCUT2D eigenvalue weighted by molar-refractivity contribution is 0.0872. The van der Waals surface area contributed by atoms with Gasteiger partial charge in [0.1, 0.15) is 4.90 Å². The average Bonchev–Trinajstić information content (AvgIpc) is 2.66. The van der Waals surface area contributed by atoms with Crippen LogP contribution in [0.25, 0.3) is 0 Å². The van der Waals surface area contributed by atoms with Gasteiger partial charge in [-0.3, -0.25) is 4.79 Å². The van der Waals surface area contributed by atoms with E-state index >= 15 is 0 Å². The number of carbonyl (C=O) groups is 1. The van der Waals surface area contributed by atoms with Crippen molar-refractivity contribution in [2.75, 3.05) is 6.54 Å². The average molecular weight is 291 g/mol. The summed E-state index contributed by atoms with van der Waals surface area (Å²) in [6, 6.07) is 6.42. The topological polar surface area (TPSA) is 54.5 Å². The number of amides is 1. The van der Waals surface area contributed by atoms with Crippen molar-refractivity contribution < 1.29 is 13.2 Å². The zero-order valence-electron chi connectivity index (χ0n) is 11.2. The van der Waals surface area contributed by atoms with Gasteiger partial charge in [0.25, 0.3) is 15.9 Å². The van der Waals surface area contributed by atoms with E-state index in [4.69, 9.17) is 0 Å². The van der Waals surface area contributed by atoms with Crippen LogP contribution in [0.2, 0.25) is 0 Å². The molecule has 0 bridgehead atoms. The molecule has 1 amide bonds. The molecule has 106 valence electrons. The van der Waals surface area contributed by atoms with Crippen LogP contribution in [0, 0.1) is 0 Å². The van der Waals surface area contributed by atoms with E-state index in [2.05, 4.69) is 6.08 Å². The van der Waals surface area contributed by atoms with Crippen molar-refractivity contribution in [3.63, 3.8) is 0 Å². The third kappa shape index (κ3) is 2.16. The smallest absolute Gasteiger partial charge is 0.268 e. The van der Waals surface area contributed by atoms with Gasteiger partial charge in [-0.15, -0.1) is 0 Å². The van der Waals surface area contributed by atoms with Crippen molar-refractivity contribution in [1.29, 1.82) is 0 Å². The van der Waals surface area contributed by atoms with Gasteiger partial charge in [0.2, 0.25) is 0 Å². The fourth-order valence-electron chi connectivity index (χ4n) is 2.83. The SMILES string of the molecule is O=C1c2ccccc2S(=O)(=O)N1CCC1=CCCCC1. The molecule has 0 N–H and O–H groups in total. The maximum absolute atomic E-state index is 12.4. The molecule has 5 heteroatoms.